The quantitative estimate of drug-likeness (QED) is 0.895. The van der Waals surface area contributed by atoms with Crippen LogP contribution in [0.25, 0.3) is 0 Å². The molecule has 2 aromatic rings. The maximum Gasteiger partial charge on any atom is 0.335 e. The van der Waals surface area contributed by atoms with Gasteiger partial charge in [-0.15, -0.1) is 0 Å². The lowest BCUT2D eigenvalue weighted by Crippen LogP contribution is -2.00. The maximum absolute atomic E-state index is 10.9. The van der Waals surface area contributed by atoms with Crippen LogP contribution in [0, 0.1) is 0 Å². The Labute approximate surface area is 111 Å². The average molecular weight is 258 g/mol. The van der Waals surface area contributed by atoms with Crippen molar-refractivity contribution in [3.05, 3.63) is 59.7 Å². The lowest BCUT2D eigenvalue weighted by molar-refractivity contribution is 0.0696. The fraction of sp³-hybridized carbons (Fsp3) is 0.133. The maximum atomic E-state index is 10.9. The molecule has 98 valence electrons. The molecule has 0 bridgehead atoms. The second-order valence-corrected chi connectivity index (χ2v) is 3.93. The number of benzene rings is 2. The zero-order valence-electron chi connectivity index (χ0n) is 10.5. The Bertz CT molecular complexity index is 578. The average Bonchev–Trinajstić information content (AvgIpc) is 2.45. The highest BCUT2D eigenvalue weighted by Crippen LogP contribution is 2.20. The van der Waals surface area contributed by atoms with Crippen molar-refractivity contribution >= 4 is 5.97 Å². The lowest BCUT2D eigenvalue weighted by atomic mass is 10.2. The van der Waals surface area contributed by atoms with Gasteiger partial charge in [-0.2, -0.15) is 0 Å². The monoisotopic (exact) mass is 258 g/mol. The van der Waals surface area contributed by atoms with Crippen LogP contribution in [-0.2, 0) is 6.61 Å². The molecule has 4 nitrogen and oxygen atoms in total. The van der Waals surface area contributed by atoms with Gasteiger partial charge in [-0.05, 0) is 24.3 Å². The number of methoxy groups -OCH3 is 1. The summed E-state index contributed by atoms with van der Waals surface area (Å²) in [4.78, 5) is 10.9. The summed E-state index contributed by atoms with van der Waals surface area (Å²) < 4.78 is 10.8. The first-order valence-corrected chi connectivity index (χ1v) is 5.79. The number of carbonyl (C=O) groups is 1. The Morgan fingerprint density at radius 1 is 1.16 bits per heavy atom. The van der Waals surface area contributed by atoms with Gasteiger partial charge in [-0.25, -0.2) is 4.79 Å². The van der Waals surface area contributed by atoms with Gasteiger partial charge in [-0.3, -0.25) is 0 Å². The summed E-state index contributed by atoms with van der Waals surface area (Å²) in [5.74, 6) is 0.297. The molecule has 0 aliphatic carbocycles. The van der Waals surface area contributed by atoms with Gasteiger partial charge in [0.05, 0.1) is 12.7 Å². The van der Waals surface area contributed by atoms with Crippen molar-refractivity contribution in [2.75, 3.05) is 7.11 Å². The third-order valence-corrected chi connectivity index (χ3v) is 2.67. The molecule has 0 radical (unpaired) electrons. The molecular formula is C15H14O4. The van der Waals surface area contributed by atoms with Crippen LogP contribution in [-0.4, -0.2) is 18.2 Å². The van der Waals surface area contributed by atoms with E-state index in [9.17, 15) is 4.79 Å². The van der Waals surface area contributed by atoms with Crippen molar-refractivity contribution in [3.63, 3.8) is 0 Å². The standard InChI is InChI=1S/C15H14O4/c1-18-14-8-3-2-5-12(14)10-19-13-7-4-6-11(9-13)15(16)17/h2-9H,10H2,1H3,(H,16,17). The Morgan fingerprint density at radius 3 is 2.68 bits per heavy atom. The molecule has 0 saturated carbocycles. The fourth-order valence-corrected chi connectivity index (χ4v) is 1.70. The van der Waals surface area contributed by atoms with Gasteiger partial charge in [0.1, 0.15) is 18.1 Å². The minimum atomic E-state index is -0.970. The number of carboxylic acids is 1. The molecule has 0 spiro atoms. The van der Waals surface area contributed by atoms with Gasteiger partial charge in [-0.1, -0.05) is 24.3 Å². The third kappa shape index (κ3) is 3.25. The van der Waals surface area contributed by atoms with E-state index in [4.69, 9.17) is 14.6 Å². The summed E-state index contributed by atoms with van der Waals surface area (Å²) >= 11 is 0. The summed E-state index contributed by atoms with van der Waals surface area (Å²) in [5.41, 5.74) is 1.11. The molecule has 0 unspecified atom stereocenters. The molecule has 0 aromatic heterocycles. The van der Waals surface area contributed by atoms with Gasteiger partial charge in [0.2, 0.25) is 0 Å². The molecule has 0 aliphatic heterocycles. The normalized spacial score (nSPS) is 9.95. The fourth-order valence-electron chi connectivity index (χ4n) is 1.70. The van der Waals surface area contributed by atoms with Crippen LogP contribution >= 0.6 is 0 Å². The zero-order valence-corrected chi connectivity index (χ0v) is 10.5. The van der Waals surface area contributed by atoms with Gasteiger partial charge in [0, 0.05) is 5.56 Å². The van der Waals surface area contributed by atoms with Crippen molar-refractivity contribution in [2.24, 2.45) is 0 Å². The second kappa shape index (κ2) is 5.91. The minimum Gasteiger partial charge on any atom is -0.496 e. The smallest absolute Gasteiger partial charge is 0.335 e. The molecule has 0 aliphatic rings. The van der Waals surface area contributed by atoms with E-state index in [0.717, 1.165) is 11.3 Å². The lowest BCUT2D eigenvalue weighted by Gasteiger charge is -2.10. The van der Waals surface area contributed by atoms with E-state index in [1.807, 2.05) is 24.3 Å². The Hall–Kier alpha value is -2.49. The first kappa shape index (κ1) is 13.0. The first-order valence-electron chi connectivity index (χ1n) is 5.79. The van der Waals surface area contributed by atoms with Crippen LogP contribution < -0.4 is 9.47 Å². The molecule has 0 amide bonds. The highest BCUT2D eigenvalue weighted by atomic mass is 16.5. The van der Waals surface area contributed by atoms with E-state index in [0.29, 0.717) is 12.4 Å². The van der Waals surface area contributed by atoms with Crippen molar-refractivity contribution in [2.45, 2.75) is 6.61 Å². The Morgan fingerprint density at radius 2 is 1.95 bits per heavy atom. The van der Waals surface area contributed by atoms with Crippen LogP contribution in [0.3, 0.4) is 0 Å². The molecule has 0 heterocycles. The number of para-hydroxylation sites is 1. The van der Waals surface area contributed by atoms with E-state index in [2.05, 4.69) is 0 Å². The molecule has 2 rings (SSSR count). The molecule has 0 atom stereocenters. The minimum absolute atomic E-state index is 0.206. The number of carboxylic acid groups (broad SMARTS) is 1. The number of ether oxygens (including phenoxy) is 2. The SMILES string of the molecule is COc1ccccc1COc1cccc(C(=O)O)c1. The van der Waals surface area contributed by atoms with E-state index >= 15 is 0 Å². The molecule has 2 aromatic carbocycles. The highest BCUT2D eigenvalue weighted by Gasteiger charge is 2.05. The Kier molecular flexibility index (Phi) is 4.03. The van der Waals surface area contributed by atoms with Crippen LogP contribution in [0.15, 0.2) is 48.5 Å². The first-order chi connectivity index (χ1) is 9.20. The summed E-state index contributed by atoms with van der Waals surface area (Å²) in [7, 11) is 1.60. The summed E-state index contributed by atoms with van der Waals surface area (Å²) in [6.45, 7) is 0.326. The number of hydrogen-bond donors (Lipinski definition) is 1. The van der Waals surface area contributed by atoms with E-state index in [-0.39, 0.29) is 5.56 Å². The predicted molar refractivity (Wildman–Crippen MR) is 70.7 cm³/mol. The Balaban J connectivity index is 2.10. The molecule has 19 heavy (non-hydrogen) atoms. The van der Waals surface area contributed by atoms with Gasteiger partial charge in [0.25, 0.3) is 0 Å². The number of rotatable bonds is 5. The van der Waals surface area contributed by atoms with Crippen molar-refractivity contribution < 1.29 is 19.4 Å². The molecule has 1 N–H and O–H groups in total. The van der Waals surface area contributed by atoms with E-state index < -0.39 is 5.97 Å². The van der Waals surface area contributed by atoms with Crippen molar-refractivity contribution in [1.82, 2.24) is 0 Å². The third-order valence-electron chi connectivity index (χ3n) is 2.67. The predicted octanol–water partition coefficient (Wildman–Crippen LogP) is 2.97. The molecular weight excluding hydrogens is 244 g/mol. The molecule has 0 saturated heterocycles. The zero-order chi connectivity index (χ0) is 13.7. The van der Waals surface area contributed by atoms with Crippen molar-refractivity contribution in [1.29, 1.82) is 0 Å². The second-order valence-electron chi connectivity index (χ2n) is 3.93. The summed E-state index contributed by atoms with van der Waals surface area (Å²) in [6, 6.07) is 13.9. The van der Waals surface area contributed by atoms with Crippen LogP contribution in [0.1, 0.15) is 15.9 Å². The summed E-state index contributed by atoms with van der Waals surface area (Å²) in [5, 5.41) is 8.90. The largest absolute Gasteiger partial charge is 0.496 e. The van der Waals surface area contributed by atoms with Crippen LogP contribution in [0.4, 0.5) is 0 Å². The molecule has 0 fully saturated rings. The number of aromatic carboxylic acids is 1. The van der Waals surface area contributed by atoms with Crippen LogP contribution in [0.5, 0.6) is 11.5 Å². The van der Waals surface area contributed by atoms with E-state index in [1.165, 1.54) is 12.1 Å². The van der Waals surface area contributed by atoms with E-state index in [1.54, 1.807) is 19.2 Å². The van der Waals surface area contributed by atoms with Gasteiger partial charge in [0.15, 0.2) is 0 Å². The van der Waals surface area contributed by atoms with Crippen molar-refractivity contribution in [3.8, 4) is 11.5 Å². The molecule has 4 heteroatoms. The topological polar surface area (TPSA) is 55.8 Å². The number of hydrogen-bond acceptors (Lipinski definition) is 3. The highest BCUT2D eigenvalue weighted by molar-refractivity contribution is 5.87. The van der Waals surface area contributed by atoms with Gasteiger partial charge < -0.3 is 14.6 Å². The van der Waals surface area contributed by atoms with Gasteiger partial charge >= 0.3 is 5.97 Å². The van der Waals surface area contributed by atoms with Crippen LogP contribution in [0.2, 0.25) is 0 Å². The summed E-state index contributed by atoms with van der Waals surface area (Å²) in [6.07, 6.45) is 0.